The molecule has 2 aliphatic heterocycles. The molecule has 2 atom stereocenters. The molecule has 2 aromatic carbocycles. The molecule has 0 saturated carbocycles. The Morgan fingerprint density at radius 3 is 2.30 bits per heavy atom. The van der Waals surface area contributed by atoms with E-state index in [0.717, 1.165) is 18.2 Å². The Morgan fingerprint density at radius 1 is 1.05 bits per heavy atom. The van der Waals surface area contributed by atoms with E-state index in [1.165, 1.54) is 6.07 Å². The molecule has 4 N–H and O–H groups in total. The van der Waals surface area contributed by atoms with Gasteiger partial charge in [0.05, 0.1) is 5.69 Å². The number of pyridine rings is 1. The van der Waals surface area contributed by atoms with E-state index < -0.39 is 29.1 Å². The summed E-state index contributed by atoms with van der Waals surface area (Å²) in [6, 6.07) is 10.6. The Bertz CT molecular complexity index is 1280. The molecule has 3 heterocycles. The minimum absolute atomic E-state index is 0.0228. The van der Waals surface area contributed by atoms with Crippen molar-refractivity contribution in [3.05, 3.63) is 83.4 Å². The second-order valence-corrected chi connectivity index (χ2v) is 9.88. The van der Waals surface area contributed by atoms with E-state index in [0.29, 0.717) is 35.5 Å². The number of nitrogens with two attached hydrogens (primary N) is 1. The largest absolute Gasteiger partial charge is 0.383 e. The van der Waals surface area contributed by atoms with Crippen LogP contribution in [0.5, 0.6) is 0 Å². The van der Waals surface area contributed by atoms with Gasteiger partial charge >= 0.3 is 6.03 Å². The lowest BCUT2D eigenvalue weighted by molar-refractivity contribution is -0.155. The maximum Gasteiger partial charge on any atom is 0.321 e. The number of piperidine rings is 2. The van der Waals surface area contributed by atoms with Gasteiger partial charge in [-0.2, -0.15) is 0 Å². The Balaban J connectivity index is 1.37. The van der Waals surface area contributed by atoms with Crippen molar-refractivity contribution in [2.75, 3.05) is 38.5 Å². The van der Waals surface area contributed by atoms with Gasteiger partial charge in [0.15, 0.2) is 0 Å². The summed E-state index contributed by atoms with van der Waals surface area (Å²) in [4.78, 5) is 21.1. The normalized spacial score (nSPS) is 23.7. The molecule has 7 nitrogen and oxygen atoms in total. The molecular weight excluding hydrogens is 483 g/mol. The standard InChI is InChI=1S/C27H28F3N5O2/c1-34-12-18-14-35(26(36)33-22-8-20(28)7-21(29)9-22)15-19(13-34)27(18,37)25-5-3-17(11-32-25)23-4-2-16(10-31)6-24(23)30/h2-9,11,18-19,37H,10,12-15,31H2,1H3,(H,33,36). The third-order valence-electron chi connectivity index (χ3n) is 7.35. The van der Waals surface area contributed by atoms with E-state index in [1.54, 1.807) is 35.4 Å². The van der Waals surface area contributed by atoms with Crippen LogP contribution in [0.3, 0.4) is 0 Å². The van der Waals surface area contributed by atoms with Gasteiger partial charge in [0.1, 0.15) is 23.1 Å². The van der Waals surface area contributed by atoms with Crippen molar-refractivity contribution in [2.45, 2.75) is 12.1 Å². The van der Waals surface area contributed by atoms with Gasteiger partial charge in [0.25, 0.3) is 0 Å². The zero-order valence-electron chi connectivity index (χ0n) is 20.3. The Hall–Kier alpha value is -3.47. The first-order valence-electron chi connectivity index (χ1n) is 12.1. The summed E-state index contributed by atoms with van der Waals surface area (Å²) in [5.41, 5.74) is 6.44. The number of carbonyl (C=O) groups excluding carboxylic acids is 1. The van der Waals surface area contributed by atoms with Crippen molar-refractivity contribution in [3.63, 3.8) is 0 Å². The fourth-order valence-electron chi connectivity index (χ4n) is 5.56. The highest BCUT2D eigenvalue weighted by molar-refractivity contribution is 5.89. The topological polar surface area (TPSA) is 94.7 Å². The second kappa shape index (κ2) is 9.77. The molecule has 3 aromatic rings. The SMILES string of the molecule is CN1CC2CN(C(=O)Nc3cc(F)cc(F)c3)CC(C1)C2(O)c1ccc(-c2ccc(CN)cc2F)cn1. The number of aromatic nitrogens is 1. The van der Waals surface area contributed by atoms with Crippen LogP contribution < -0.4 is 11.1 Å². The van der Waals surface area contributed by atoms with Gasteiger partial charge in [0, 0.05) is 73.6 Å². The third kappa shape index (κ3) is 4.79. The molecule has 2 amide bonds. The van der Waals surface area contributed by atoms with E-state index in [1.807, 2.05) is 7.05 Å². The number of halogens is 3. The van der Waals surface area contributed by atoms with Gasteiger partial charge in [0.2, 0.25) is 0 Å². The first-order chi connectivity index (χ1) is 17.7. The van der Waals surface area contributed by atoms with Gasteiger partial charge in [-0.1, -0.05) is 18.2 Å². The van der Waals surface area contributed by atoms with E-state index in [-0.39, 0.29) is 37.2 Å². The van der Waals surface area contributed by atoms with Crippen LogP contribution in [0.2, 0.25) is 0 Å². The lowest BCUT2D eigenvalue weighted by Gasteiger charge is -2.54. The average Bonchev–Trinajstić information content (AvgIpc) is 2.84. The van der Waals surface area contributed by atoms with E-state index in [4.69, 9.17) is 5.73 Å². The maximum absolute atomic E-state index is 14.6. The Morgan fingerprint density at radius 2 is 1.73 bits per heavy atom. The number of nitrogens with one attached hydrogen (secondary N) is 1. The predicted octanol–water partition coefficient (Wildman–Crippen LogP) is 3.54. The molecule has 2 fully saturated rings. The number of urea groups is 1. The zero-order chi connectivity index (χ0) is 26.3. The highest BCUT2D eigenvalue weighted by atomic mass is 19.1. The molecule has 0 aliphatic carbocycles. The smallest absolute Gasteiger partial charge is 0.321 e. The first kappa shape index (κ1) is 25.2. The van der Waals surface area contributed by atoms with E-state index in [9.17, 15) is 23.1 Å². The monoisotopic (exact) mass is 511 g/mol. The summed E-state index contributed by atoms with van der Waals surface area (Å²) in [6.07, 6.45) is 1.55. The number of hydrogen-bond donors (Lipinski definition) is 3. The first-order valence-corrected chi connectivity index (χ1v) is 12.1. The summed E-state index contributed by atoms with van der Waals surface area (Å²) in [7, 11) is 1.95. The lowest BCUT2D eigenvalue weighted by atomic mass is 9.68. The molecule has 37 heavy (non-hydrogen) atoms. The minimum atomic E-state index is -1.30. The summed E-state index contributed by atoms with van der Waals surface area (Å²) < 4.78 is 41.7. The number of rotatable bonds is 4. The Labute approximate surface area is 212 Å². The maximum atomic E-state index is 14.6. The molecule has 0 radical (unpaired) electrons. The van der Waals surface area contributed by atoms with Crippen LogP contribution in [0.15, 0.2) is 54.7 Å². The van der Waals surface area contributed by atoms with E-state index in [2.05, 4.69) is 15.2 Å². The van der Waals surface area contributed by atoms with Crippen molar-refractivity contribution in [1.82, 2.24) is 14.8 Å². The predicted molar refractivity (Wildman–Crippen MR) is 133 cm³/mol. The molecule has 1 aromatic heterocycles. The van der Waals surface area contributed by atoms with Crippen LogP contribution in [0.4, 0.5) is 23.7 Å². The minimum Gasteiger partial charge on any atom is -0.383 e. The van der Waals surface area contributed by atoms with Crippen molar-refractivity contribution in [3.8, 4) is 11.1 Å². The molecular formula is C27H28F3N5O2. The number of nitrogens with zero attached hydrogens (tertiary/aromatic N) is 3. The van der Waals surface area contributed by atoms with Crippen molar-refractivity contribution in [2.24, 2.45) is 17.6 Å². The molecule has 2 aliphatic rings. The molecule has 2 unspecified atom stereocenters. The van der Waals surface area contributed by atoms with Crippen LogP contribution in [0, 0.1) is 29.3 Å². The molecule has 5 rings (SSSR count). The molecule has 2 bridgehead atoms. The van der Waals surface area contributed by atoms with Crippen molar-refractivity contribution >= 4 is 11.7 Å². The number of amides is 2. The number of carbonyl (C=O) groups is 1. The van der Waals surface area contributed by atoms with Crippen LogP contribution in [-0.2, 0) is 12.1 Å². The third-order valence-corrected chi connectivity index (χ3v) is 7.35. The number of aliphatic hydroxyl groups is 1. The van der Waals surface area contributed by atoms with Gasteiger partial charge < -0.3 is 26.0 Å². The quantitative estimate of drug-likeness (QED) is 0.498. The average molecular weight is 512 g/mol. The molecule has 194 valence electrons. The second-order valence-electron chi connectivity index (χ2n) is 9.88. The molecule has 10 heteroatoms. The van der Waals surface area contributed by atoms with Crippen molar-refractivity contribution in [1.29, 1.82) is 0 Å². The highest BCUT2D eigenvalue weighted by Gasteiger charge is 2.54. The van der Waals surface area contributed by atoms with Crippen LogP contribution >= 0.6 is 0 Å². The fraction of sp³-hybridized carbons (Fsp3) is 0.333. The summed E-state index contributed by atoms with van der Waals surface area (Å²) in [6.45, 7) is 1.72. The molecule has 0 spiro atoms. The summed E-state index contributed by atoms with van der Waals surface area (Å²) >= 11 is 0. The number of benzene rings is 2. The lowest BCUT2D eigenvalue weighted by Crippen LogP contribution is -2.66. The number of fused-ring (bicyclic) bond motifs is 2. The van der Waals surface area contributed by atoms with Gasteiger partial charge in [-0.25, -0.2) is 18.0 Å². The van der Waals surface area contributed by atoms with Gasteiger partial charge in [-0.3, -0.25) is 4.98 Å². The van der Waals surface area contributed by atoms with Crippen molar-refractivity contribution < 1.29 is 23.1 Å². The number of likely N-dealkylation sites (tertiary alicyclic amines) is 2. The summed E-state index contributed by atoms with van der Waals surface area (Å²) in [5, 5.41) is 14.5. The number of anilines is 1. The zero-order valence-corrected chi connectivity index (χ0v) is 20.3. The number of hydrogen-bond acceptors (Lipinski definition) is 5. The van der Waals surface area contributed by atoms with Gasteiger partial charge in [-0.15, -0.1) is 0 Å². The van der Waals surface area contributed by atoms with E-state index >= 15 is 0 Å². The fourth-order valence-corrected chi connectivity index (χ4v) is 5.56. The van der Waals surface area contributed by atoms with Crippen LogP contribution in [0.1, 0.15) is 11.3 Å². The molecule has 2 saturated heterocycles. The highest BCUT2D eigenvalue weighted by Crippen LogP contribution is 2.44. The van der Waals surface area contributed by atoms with Crippen LogP contribution in [-0.4, -0.2) is 59.1 Å². The van der Waals surface area contributed by atoms with Crippen LogP contribution in [0.25, 0.3) is 11.1 Å². The summed E-state index contributed by atoms with van der Waals surface area (Å²) in [5.74, 6) is -2.69. The van der Waals surface area contributed by atoms with Gasteiger partial charge in [-0.05, 0) is 36.9 Å². The Kier molecular flexibility index (Phi) is 6.65.